The van der Waals surface area contributed by atoms with E-state index in [1.54, 1.807) is 0 Å². The van der Waals surface area contributed by atoms with Gasteiger partial charge in [0.05, 0.1) is 0 Å². The van der Waals surface area contributed by atoms with Gasteiger partial charge in [0.15, 0.2) is 0 Å². The topological polar surface area (TPSA) is 0 Å². The number of hydrogen-bond acceptors (Lipinski definition) is 0. The predicted molar refractivity (Wildman–Crippen MR) is 44.7 cm³/mol. The van der Waals surface area contributed by atoms with E-state index in [-0.39, 0.29) is 17.2 Å². The summed E-state index contributed by atoms with van der Waals surface area (Å²) in [5.41, 5.74) is 0.669. The predicted octanol–water partition coefficient (Wildman–Crippen LogP) is 1.39. The van der Waals surface area contributed by atoms with Gasteiger partial charge in [0.2, 0.25) is 0 Å². The molecule has 0 nitrogen and oxygen atoms in total. The van der Waals surface area contributed by atoms with Crippen molar-refractivity contribution in [3.05, 3.63) is 35.4 Å². The fourth-order valence-corrected chi connectivity index (χ4v) is 1.40. The van der Waals surface area contributed by atoms with E-state index in [2.05, 4.69) is 0 Å². The van der Waals surface area contributed by atoms with Crippen molar-refractivity contribution in [2.45, 2.75) is 12.5 Å². The smallest absolute Gasteiger partial charge is 0.126 e. The average Bonchev–Trinajstić information content (AvgIpc) is 1.94. The van der Waals surface area contributed by atoms with E-state index >= 15 is 0 Å². The summed E-state index contributed by atoms with van der Waals surface area (Å²) in [6.45, 7) is 1.89. The highest BCUT2D eigenvalue weighted by atomic mass is 28.1. The summed E-state index contributed by atoms with van der Waals surface area (Å²) in [4.78, 5) is 0. The second kappa shape index (κ2) is 3.13. The molecule has 0 aromatic heterocycles. The van der Waals surface area contributed by atoms with E-state index in [0.717, 1.165) is 16.3 Å². The Morgan fingerprint density at radius 3 is 2.45 bits per heavy atom. The first-order chi connectivity index (χ1) is 5.11. The van der Waals surface area contributed by atoms with Gasteiger partial charge in [0, 0.05) is 10.2 Å². The van der Waals surface area contributed by atoms with Gasteiger partial charge in [-0.3, -0.25) is 0 Å². The Labute approximate surface area is 67.7 Å². The van der Waals surface area contributed by atoms with Gasteiger partial charge in [-0.1, -0.05) is 6.92 Å². The number of hydrogen-bond donors (Lipinski definition) is 0. The van der Waals surface area contributed by atoms with Gasteiger partial charge in [-0.15, -0.1) is 0 Å². The molecule has 0 heterocycles. The largest absolute Gasteiger partial charge is 0.207 e. The van der Waals surface area contributed by atoms with E-state index in [4.69, 9.17) is 0 Å². The van der Waals surface area contributed by atoms with Crippen LogP contribution in [0, 0.1) is 11.6 Å². The zero-order valence-corrected chi connectivity index (χ0v) is 8.57. The molecule has 0 fully saturated rings. The van der Waals surface area contributed by atoms with E-state index < -0.39 is 0 Å². The lowest BCUT2D eigenvalue weighted by Gasteiger charge is -2.05. The SMILES string of the molecule is CC([SiH3])c1cc(F)ccc1F. The summed E-state index contributed by atoms with van der Waals surface area (Å²) in [6, 6.07) is 3.59. The Balaban J connectivity index is 3.13. The third-order valence-electron chi connectivity index (χ3n) is 1.58. The van der Waals surface area contributed by atoms with Crippen LogP contribution in [0.4, 0.5) is 8.78 Å². The van der Waals surface area contributed by atoms with Crippen molar-refractivity contribution >= 4 is 10.2 Å². The first-order valence-electron chi connectivity index (χ1n) is 3.56. The maximum atomic E-state index is 12.9. The lowest BCUT2D eigenvalue weighted by atomic mass is 10.1. The van der Waals surface area contributed by atoms with Crippen molar-refractivity contribution in [1.29, 1.82) is 0 Å². The molecule has 11 heavy (non-hydrogen) atoms. The molecule has 0 bridgehead atoms. The van der Waals surface area contributed by atoms with E-state index in [1.165, 1.54) is 12.1 Å². The molecule has 0 aliphatic rings. The third-order valence-corrected chi connectivity index (χ3v) is 2.20. The van der Waals surface area contributed by atoms with Crippen LogP contribution in [0.25, 0.3) is 0 Å². The quantitative estimate of drug-likeness (QED) is 0.562. The van der Waals surface area contributed by atoms with Crippen LogP contribution in [0.15, 0.2) is 18.2 Å². The Morgan fingerprint density at radius 1 is 1.36 bits per heavy atom. The van der Waals surface area contributed by atoms with Crippen molar-refractivity contribution in [3.63, 3.8) is 0 Å². The fraction of sp³-hybridized carbons (Fsp3) is 0.250. The molecule has 1 aromatic carbocycles. The van der Waals surface area contributed by atoms with Gasteiger partial charge in [0.1, 0.15) is 11.6 Å². The van der Waals surface area contributed by atoms with Crippen molar-refractivity contribution in [2.75, 3.05) is 0 Å². The van der Waals surface area contributed by atoms with E-state index in [9.17, 15) is 8.78 Å². The average molecular weight is 172 g/mol. The normalized spacial score (nSPS) is 13.4. The molecule has 1 unspecified atom stereocenters. The van der Waals surface area contributed by atoms with Crippen LogP contribution in [-0.2, 0) is 0 Å². The van der Waals surface area contributed by atoms with Crippen LogP contribution in [0.1, 0.15) is 18.0 Å². The first-order valence-corrected chi connectivity index (χ1v) is 4.71. The van der Waals surface area contributed by atoms with Crippen molar-refractivity contribution in [2.24, 2.45) is 0 Å². The standard InChI is InChI=1S/C8H10F2Si/c1-5(11)7-4-6(9)2-3-8(7)10/h2-5H,1,11H3. The summed E-state index contributed by atoms with van der Waals surface area (Å²) in [6.07, 6.45) is 0. The highest BCUT2D eigenvalue weighted by molar-refractivity contribution is 6.12. The molecule has 0 aliphatic heterocycles. The van der Waals surface area contributed by atoms with Crippen LogP contribution < -0.4 is 0 Å². The second-order valence-corrected chi connectivity index (χ2v) is 4.55. The molecule has 1 atom stereocenters. The maximum Gasteiger partial charge on any atom is 0.126 e. The van der Waals surface area contributed by atoms with Gasteiger partial charge in [-0.2, -0.15) is 0 Å². The van der Waals surface area contributed by atoms with Crippen LogP contribution in [-0.4, -0.2) is 10.2 Å². The van der Waals surface area contributed by atoms with Crippen LogP contribution in [0.3, 0.4) is 0 Å². The lowest BCUT2D eigenvalue weighted by molar-refractivity contribution is 0.585. The maximum absolute atomic E-state index is 12.9. The van der Waals surface area contributed by atoms with Crippen LogP contribution in [0.2, 0.25) is 0 Å². The molecule has 1 rings (SSSR count). The Kier molecular flexibility index (Phi) is 2.39. The van der Waals surface area contributed by atoms with E-state index in [1.807, 2.05) is 6.92 Å². The summed E-state index contributed by atoms with van der Waals surface area (Å²) in [5.74, 6) is -0.655. The molecular weight excluding hydrogens is 162 g/mol. The molecule has 0 amide bonds. The summed E-state index contributed by atoms with van der Waals surface area (Å²) in [7, 11) is 0.846. The summed E-state index contributed by atoms with van der Waals surface area (Å²) < 4.78 is 25.4. The second-order valence-electron chi connectivity index (χ2n) is 2.82. The number of halogens is 2. The molecule has 0 spiro atoms. The van der Waals surface area contributed by atoms with Crippen molar-refractivity contribution in [3.8, 4) is 0 Å². The molecule has 3 heteroatoms. The van der Waals surface area contributed by atoms with Crippen molar-refractivity contribution in [1.82, 2.24) is 0 Å². The molecule has 0 N–H and O–H groups in total. The highest BCUT2D eigenvalue weighted by Crippen LogP contribution is 2.16. The monoisotopic (exact) mass is 172 g/mol. The van der Waals surface area contributed by atoms with Gasteiger partial charge >= 0.3 is 0 Å². The lowest BCUT2D eigenvalue weighted by Crippen LogP contribution is -1.96. The summed E-state index contributed by atoms with van der Waals surface area (Å²) >= 11 is 0. The molecule has 0 aliphatic carbocycles. The molecule has 1 aromatic rings. The molecular formula is C8H10F2Si. The first kappa shape index (κ1) is 8.39. The molecule has 0 saturated heterocycles. The van der Waals surface area contributed by atoms with Crippen LogP contribution in [0.5, 0.6) is 0 Å². The minimum Gasteiger partial charge on any atom is -0.207 e. The number of rotatable bonds is 1. The minimum atomic E-state index is -0.357. The molecule has 0 radical (unpaired) electrons. The van der Waals surface area contributed by atoms with Crippen molar-refractivity contribution < 1.29 is 8.78 Å². The van der Waals surface area contributed by atoms with E-state index in [0.29, 0.717) is 5.56 Å². The zero-order valence-electron chi connectivity index (χ0n) is 6.57. The van der Waals surface area contributed by atoms with Gasteiger partial charge in [0.25, 0.3) is 0 Å². The highest BCUT2D eigenvalue weighted by Gasteiger charge is 2.06. The Hall–Kier alpha value is -0.703. The van der Waals surface area contributed by atoms with Gasteiger partial charge in [-0.05, 0) is 29.3 Å². The fourth-order valence-electron chi connectivity index (χ4n) is 0.957. The zero-order chi connectivity index (χ0) is 8.43. The molecule has 60 valence electrons. The van der Waals surface area contributed by atoms with Crippen LogP contribution >= 0.6 is 0 Å². The van der Waals surface area contributed by atoms with Gasteiger partial charge in [-0.25, -0.2) is 8.78 Å². The third kappa shape index (κ3) is 1.86. The van der Waals surface area contributed by atoms with Gasteiger partial charge < -0.3 is 0 Å². The Bertz CT molecular complexity index is 258. The number of benzene rings is 1. The Morgan fingerprint density at radius 2 is 2.00 bits per heavy atom. The summed E-state index contributed by atoms with van der Waals surface area (Å²) in [5, 5.41) is 0. The molecule has 0 saturated carbocycles. The minimum absolute atomic E-state index is 0.172.